The van der Waals surface area contributed by atoms with E-state index in [-0.39, 0.29) is 11.6 Å². The fourth-order valence-electron chi connectivity index (χ4n) is 1.95. The van der Waals surface area contributed by atoms with Gasteiger partial charge in [0.2, 0.25) is 11.0 Å². The Bertz CT molecular complexity index is 1000. The first-order chi connectivity index (χ1) is 12.5. The number of pyridine rings is 1. The number of aromatic nitrogens is 3. The minimum Gasteiger partial charge on any atom is -0.330 e. The highest BCUT2D eigenvalue weighted by Gasteiger charge is 2.10. The highest BCUT2D eigenvalue weighted by atomic mass is 35.5. The van der Waals surface area contributed by atoms with Crippen LogP contribution >= 0.6 is 34.7 Å². The zero-order chi connectivity index (χ0) is 18.5. The number of halogens is 1. The lowest BCUT2D eigenvalue weighted by Crippen LogP contribution is -2.05. The minimum atomic E-state index is -0.135. The van der Waals surface area contributed by atoms with Gasteiger partial charge in [0.05, 0.1) is 5.02 Å². The van der Waals surface area contributed by atoms with E-state index in [9.17, 15) is 4.79 Å². The fourth-order valence-corrected chi connectivity index (χ4v) is 3.79. The number of carbonyl (C=O) groups excluding carboxylic acids is 1. The van der Waals surface area contributed by atoms with Gasteiger partial charge < -0.3 is 10.6 Å². The molecule has 0 radical (unpaired) electrons. The molecule has 130 valence electrons. The van der Waals surface area contributed by atoms with Crippen LogP contribution in [0, 0.1) is 11.3 Å². The summed E-state index contributed by atoms with van der Waals surface area (Å²) in [6.45, 7) is 1.46. The average molecular weight is 403 g/mol. The first-order valence-corrected chi connectivity index (χ1v) is 9.27. The monoisotopic (exact) mass is 402 g/mol. The zero-order valence-corrected chi connectivity index (χ0v) is 15.7. The van der Waals surface area contributed by atoms with E-state index >= 15 is 0 Å². The predicted molar refractivity (Wildman–Crippen MR) is 102 cm³/mol. The summed E-state index contributed by atoms with van der Waals surface area (Å²) in [5, 5.41) is 24.6. The van der Waals surface area contributed by atoms with Crippen LogP contribution < -0.4 is 10.6 Å². The van der Waals surface area contributed by atoms with Gasteiger partial charge in [0, 0.05) is 18.3 Å². The summed E-state index contributed by atoms with van der Waals surface area (Å²) in [5.41, 5.74) is 1.64. The number of rotatable bonds is 5. The predicted octanol–water partition coefficient (Wildman–Crippen LogP) is 4.31. The number of amides is 1. The smallest absolute Gasteiger partial charge is 0.221 e. The SMILES string of the molecule is CC(=O)Nc1cccc(Nc2nnc(Sc3ccc(Cl)c(C#N)n3)s2)c1. The van der Waals surface area contributed by atoms with Gasteiger partial charge in [0.25, 0.3) is 0 Å². The molecule has 1 aromatic carbocycles. The van der Waals surface area contributed by atoms with Crippen molar-refractivity contribution in [1.29, 1.82) is 5.26 Å². The average Bonchev–Trinajstić information content (AvgIpc) is 3.03. The third kappa shape index (κ3) is 4.70. The topological polar surface area (TPSA) is 104 Å². The van der Waals surface area contributed by atoms with Gasteiger partial charge in [-0.25, -0.2) is 4.98 Å². The van der Waals surface area contributed by atoms with Gasteiger partial charge in [0.15, 0.2) is 10.0 Å². The summed E-state index contributed by atoms with van der Waals surface area (Å²) < 4.78 is 0.671. The molecular formula is C16H11ClN6OS2. The first kappa shape index (κ1) is 18.1. The third-order valence-corrected chi connectivity index (χ3v) is 5.09. The maximum absolute atomic E-state index is 11.1. The van der Waals surface area contributed by atoms with Crippen molar-refractivity contribution in [2.24, 2.45) is 0 Å². The summed E-state index contributed by atoms with van der Waals surface area (Å²) >= 11 is 8.52. The van der Waals surface area contributed by atoms with E-state index in [1.165, 1.54) is 30.0 Å². The summed E-state index contributed by atoms with van der Waals surface area (Å²) in [4.78, 5) is 15.3. The summed E-state index contributed by atoms with van der Waals surface area (Å²) in [6, 6.07) is 12.6. The Morgan fingerprint density at radius 1 is 1.27 bits per heavy atom. The summed E-state index contributed by atoms with van der Waals surface area (Å²) in [5.74, 6) is -0.135. The molecule has 0 bridgehead atoms. The first-order valence-electron chi connectivity index (χ1n) is 7.26. The van der Waals surface area contributed by atoms with Gasteiger partial charge in [-0.05, 0) is 42.1 Å². The van der Waals surface area contributed by atoms with Gasteiger partial charge in [-0.2, -0.15) is 5.26 Å². The molecule has 0 aliphatic rings. The van der Waals surface area contributed by atoms with E-state index in [2.05, 4.69) is 25.8 Å². The lowest BCUT2D eigenvalue weighted by atomic mass is 10.3. The zero-order valence-electron chi connectivity index (χ0n) is 13.4. The van der Waals surface area contributed by atoms with Crippen molar-refractivity contribution in [3.63, 3.8) is 0 Å². The summed E-state index contributed by atoms with van der Waals surface area (Å²) in [6.07, 6.45) is 0. The van der Waals surface area contributed by atoms with Gasteiger partial charge in [0.1, 0.15) is 11.1 Å². The van der Waals surface area contributed by atoms with Gasteiger partial charge in [-0.15, -0.1) is 10.2 Å². The number of nitriles is 1. The van der Waals surface area contributed by atoms with Crippen LogP contribution in [0.2, 0.25) is 5.02 Å². The number of hydrogen-bond acceptors (Lipinski definition) is 8. The summed E-state index contributed by atoms with van der Waals surface area (Å²) in [7, 11) is 0. The molecule has 0 saturated heterocycles. The van der Waals surface area contributed by atoms with E-state index < -0.39 is 0 Å². The maximum atomic E-state index is 11.1. The largest absolute Gasteiger partial charge is 0.330 e. The van der Waals surface area contributed by atoms with E-state index in [0.717, 1.165) is 5.69 Å². The molecule has 3 aromatic rings. The number of nitrogens with one attached hydrogen (secondary N) is 2. The van der Waals surface area contributed by atoms with Crippen LogP contribution in [0.25, 0.3) is 0 Å². The molecular weight excluding hydrogens is 392 g/mol. The molecule has 0 spiro atoms. The number of anilines is 3. The molecule has 3 rings (SSSR count). The number of hydrogen-bond donors (Lipinski definition) is 2. The van der Waals surface area contributed by atoms with Crippen LogP contribution in [0.15, 0.2) is 45.8 Å². The van der Waals surface area contributed by atoms with Crippen LogP contribution in [-0.2, 0) is 4.79 Å². The third-order valence-electron chi connectivity index (χ3n) is 2.96. The van der Waals surface area contributed by atoms with Crippen LogP contribution in [0.4, 0.5) is 16.5 Å². The van der Waals surface area contributed by atoms with E-state index in [4.69, 9.17) is 16.9 Å². The Morgan fingerprint density at radius 2 is 2.08 bits per heavy atom. The van der Waals surface area contributed by atoms with Crippen molar-refractivity contribution >= 4 is 57.1 Å². The van der Waals surface area contributed by atoms with Crippen molar-refractivity contribution in [2.75, 3.05) is 10.6 Å². The van der Waals surface area contributed by atoms with Crippen molar-refractivity contribution in [3.05, 3.63) is 47.1 Å². The van der Waals surface area contributed by atoms with Crippen LogP contribution in [0.3, 0.4) is 0 Å². The van der Waals surface area contributed by atoms with Gasteiger partial charge in [-0.3, -0.25) is 4.79 Å². The molecule has 2 heterocycles. The van der Waals surface area contributed by atoms with Crippen molar-refractivity contribution < 1.29 is 4.79 Å². The van der Waals surface area contributed by atoms with Crippen LogP contribution in [0.1, 0.15) is 12.6 Å². The molecule has 0 atom stereocenters. The number of benzene rings is 1. The molecule has 10 heteroatoms. The second kappa shape index (κ2) is 8.14. The molecule has 0 fully saturated rings. The lowest BCUT2D eigenvalue weighted by molar-refractivity contribution is -0.114. The van der Waals surface area contributed by atoms with Gasteiger partial charge in [-0.1, -0.05) is 29.0 Å². The Kier molecular flexibility index (Phi) is 5.68. The standard InChI is InChI=1S/C16H11ClN6OS2/c1-9(24)19-10-3-2-4-11(7-10)20-15-22-23-16(26-15)25-14-6-5-12(17)13(8-18)21-14/h2-7H,1H3,(H,19,24)(H,20,22). The normalized spacial score (nSPS) is 10.2. The van der Waals surface area contributed by atoms with Crippen LogP contribution in [0.5, 0.6) is 0 Å². The maximum Gasteiger partial charge on any atom is 0.221 e. The molecule has 26 heavy (non-hydrogen) atoms. The Labute approximate surface area is 162 Å². The Balaban J connectivity index is 1.70. The molecule has 0 saturated carbocycles. The molecule has 7 nitrogen and oxygen atoms in total. The molecule has 2 N–H and O–H groups in total. The lowest BCUT2D eigenvalue weighted by Gasteiger charge is -2.05. The molecule has 0 unspecified atom stereocenters. The van der Waals surface area contributed by atoms with Crippen molar-refractivity contribution in [2.45, 2.75) is 16.3 Å². The minimum absolute atomic E-state index is 0.135. The van der Waals surface area contributed by atoms with E-state index in [1.54, 1.807) is 24.3 Å². The Morgan fingerprint density at radius 3 is 2.85 bits per heavy atom. The molecule has 0 aliphatic carbocycles. The van der Waals surface area contributed by atoms with Crippen molar-refractivity contribution in [3.8, 4) is 6.07 Å². The van der Waals surface area contributed by atoms with E-state index in [1.807, 2.05) is 18.2 Å². The number of carbonyl (C=O) groups is 1. The molecule has 2 aromatic heterocycles. The second-order valence-electron chi connectivity index (χ2n) is 4.95. The highest BCUT2D eigenvalue weighted by Crippen LogP contribution is 2.33. The molecule has 1 amide bonds. The van der Waals surface area contributed by atoms with E-state index in [0.29, 0.717) is 25.2 Å². The quantitative estimate of drug-likeness (QED) is 0.655. The van der Waals surface area contributed by atoms with Crippen molar-refractivity contribution in [1.82, 2.24) is 15.2 Å². The van der Waals surface area contributed by atoms with Crippen LogP contribution in [-0.4, -0.2) is 21.1 Å². The highest BCUT2D eigenvalue weighted by molar-refractivity contribution is 8.01. The number of nitrogens with zero attached hydrogens (tertiary/aromatic N) is 4. The molecule has 0 aliphatic heterocycles. The fraction of sp³-hybridized carbons (Fsp3) is 0.0625. The van der Waals surface area contributed by atoms with Gasteiger partial charge >= 0.3 is 0 Å². The second-order valence-corrected chi connectivity index (χ2v) is 7.61. The Hall–Kier alpha value is -2.67.